The molecule has 0 unspecified atom stereocenters. The van der Waals surface area contributed by atoms with Crippen molar-refractivity contribution >= 4 is 17.5 Å². The second-order valence-electron chi connectivity index (χ2n) is 5.10. The molecule has 2 amide bonds. The lowest BCUT2D eigenvalue weighted by molar-refractivity contribution is -0.128. The number of hydrogen-bond donors (Lipinski definition) is 3. The van der Waals surface area contributed by atoms with Crippen molar-refractivity contribution in [3.05, 3.63) is 30.1 Å². The molecule has 1 aliphatic rings. The van der Waals surface area contributed by atoms with E-state index in [-0.39, 0.29) is 24.2 Å². The first-order chi connectivity index (χ1) is 9.49. The predicted octanol–water partition coefficient (Wildman–Crippen LogP) is 1.15. The third-order valence-corrected chi connectivity index (χ3v) is 3.49. The van der Waals surface area contributed by atoms with Crippen LogP contribution in [0.2, 0.25) is 0 Å². The van der Waals surface area contributed by atoms with E-state index >= 15 is 0 Å². The Bertz CT molecular complexity index is 496. The molecule has 4 N–H and O–H groups in total. The number of nitrogens with two attached hydrogens (primary N) is 1. The summed E-state index contributed by atoms with van der Waals surface area (Å²) in [5.41, 5.74) is 5.62. The van der Waals surface area contributed by atoms with Crippen molar-refractivity contribution in [3.63, 3.8) is 0 Å². The van der Waals surface area contributed by atoms with Gasteiger partial charge in [0.2, 0.25) is 11.8 Å². The van der Waals surface area contributed by atoms with Crippen molar-refractivity contribution in [3.8, 4) is 0 Å². The van der Waals surface area contributed by atoms with Crippen LogP contribution < -0.4 is 16.4 Å². The van der Waals surface area contributed by atoms with Crippen LogP contribution in [-0.2, 0) is 9.59 Å². The first kappa shape index (κ1) is 14.5. The van der Waals surface area contributed by atoms with E-state index in [9.17, 15) is 14.0 Å². The Balaban J connectivity index is 1.80. The minimum absolute atomic E-state index is 0.144. The Morgan fingerprint density at radius 2 is 1.80 bits per heavy atom. The molecule has 0 bridgehead atoms. The Labute approximate surface area is 116 Å². The lowest BCUT2D eigenvalue weighted by Crippen LogP contribution is -2.53. The molecule has 0 saturated heterocycles. The summed E-state index contributed by atoms with van der Waals surface area (Å²) in [4.78, 5) is 23.6. The van der Waals surface area contributed by atoms with Crippen molar-refractivity contribution in [2.24, 2.45) is 5.73 Å². The molecule has 0 spiro atoms. The summed E-state index contributed by atoms with van der Waals surface area (Å²) >= 11 is 0. The minimum atomic E-state index is -0.837. The molecule has 0 radical (unpaired) electrons. The third-order valence-electron chi connectivity index (χ3n) is 3.49. The Morgan fingerprint density at radius 3 is 2.40 bits per heavy atom. The molecule has 1 aromatic rings. The van der Waals surface area contributed by atoms with Gasteiger partial charge in [-0.25, -0.2) is 4.39 Å². The first-order valence-corrected chi connectivity index (χ1v) is 6.62. The lowest BCUT2D eigenvalue weighted by Gasteiger charge is -2.21. The zero-order valence-corrected chi connectivity index (χ0v) is 11.1. The van der Waals surface area contributed by atoms with Crippen LogP contribution in [0.4, 0.5) is 10.1 Å². The van der Waals surface area contributed by atoms with E-state index in [1.54, 1.807) is 0 Å². The first-order valence-electron chi connectivity index (χ1n) is 6.62. The summed E-state index contributed by atoms with van der Waals surface area (Å²) < 4.78 is 12.7. The average Bonchev–Trinajstić information content (AvgIpc) is 2.87. The minimum Gasteiger partial charge on any atom is -0.345 e. The molecule has 5 nitrogen and oxygen atoms in total. The van der Waals surface area contributed by atoms with Gasteiger partial charge in [0.25, 0.3) is 0 Å². The van der Waals surface area contributed by atoms with Gasteiger partial charge in [-0.1, -0.05) is 12.8 Å². The van der Waals surface area contributed by atoms with Crippen molar-refractivity contribution < 1.29 is 14.0 Å². The summed E-state index contributed by atoms with van der Waals surface area (Å²) in [6, 6.07) is 5.41. The highest BCUT2D eigenvalue weighted by atomic mass is 19.1. The number of amides is 2. The van der Waals surface area contributed by atoms with Crippen LogP contribution in [0.15, 0.2) is 24.3 Å². The molecule has 0 heterocycles. The van der Waals surface area contributed by atoms with Crippen LogP contribution in [0.1, 0.15) is 25.7 Å². The van der Waals surface area contributed by atoms with Gasteiger partial charge in [0.1, 0.15) is 5.82 Å². The second kappa shape index (κ2) is 6.00. The van der Waals surface area contributed by atoms with E-state index < -0.39 is 5.54 Å². The Hall–Kier alpha value is -1.95. The van der Waals surface area contributed by atoms with Gasteiger partial charge in [-0.3, -0.25) is 9.59 Å². The van der Waals surface area contributed by atoms with E-state index in [1.807, 2.05) is 0 Å². The van der Waals surface area contributed by atoms with Crippen LogP contribution in [-0.4, -0.2) is 23.9 Å². The molecule has 6 heteroatoms. The van der Waals surface area contributed by atoms with Crippen molar-refractivity contribution in [1.29, 1.82) is 0 Å². The summed E-state index contributed by atoms with van der Waals surface area (Å²) in [6.45, 7) is -0.144. The van der Waals surface area contributed by atoms with E-state index in [2.05, 4.69) is 10.6 Å². The monoisotopic (exact) mass is 279 g/mol. The fraction of sp³-hybridized carbons (Fsp3) is 0.429. The van der Waals surface area contributed by atoms with Gasteiger partial charge in [0, 0.05) is 5.69 Å². The molecular formula is C14H18FN3O2. The molecule has 1 aliphatic carbocycles. The SMILES string of the molecule is NC1(C(=O)NCC(=O)Nc2ccc(F)cc2)CCCC1. The largest absolute Gasteiger partial charge is 0.345 e. The van der Waals surface area contributed by atoms with Crippen LogP contribution >= 0.6 is 0 Å². The molecule has 2 rings (SSSR count). The van der Waals surface area contributed by atoms with Gasteiger partial charge in [0.15, 0.2) is 0 Å². The number of nitrogens with one attached hydrogen (secondary N) is 2. The van der Waals surface area contributed by atoms with E-state index in [0.717, 1.165) is 12.8 Å². The van der Waals surface area contributed by atoms with E-state index in [4.69, 9.17) is 5.73 Å². The molecule has 0 aliphatic heterocycles. The van der Waals surface area contributed by atoms with Gasteiger partial charge in [-0.2, -0.15) is 0 Å². The molecule has 108 valence electrons. The smallest absolute Gasteiger partial charge is 0.243 e. The Kier molecular flexibility index (Phi) is 4.34. The average molecular weight is 279 g/mol. The van der Waals surface area contributed by atoms with E-state index in [0.29, 0.717) is 18.5 Å². The highest BCUT2D eigenvalue weighted by Gasteiger charge is 2.36. The molecule has 1 saturated carbocycles. The van der Waals surface area contributed by atoms with Crippen molar-refractivity contribution in [2.75, 3.05) is 11.9 Å². The lowest BCUT2D eigenvalue weighted by atomic mass is 9.98. The number of anilines is 1. The molecular weight excluding hydrogens is 261 g/mol. The Morgan fingerprint density at radius 1 is 1.20 bits per heavy atom. The number of benzene rings is 1. The van der Waals surface area contributed by atoms with Gasteiger partial charge in [-0.05, 0) is 37.1 Å². The molecule has 0 aromatic heterocycles. The summed E-state index contributed by atoms with van der Waals surface area (Å²) in [6.07, 6.45) is 3.17. The second-order valence-corrected chi connectivity index (χ2v) is 5.10. The number of rotatable bonds is 4. The summed E-state index contributed by atoms with van der Waals surface area (Å²) in [7, 11) is 0. The zero-order valence-electron chi connectivity index (χ0n) is 11.1. The maximum atomic E-state index is 12.7. The summed E-state index contributed by atoms with van der Waals surface area (Å²) in [5, 5.41) is 5.11. The normalized spacial score (nSPS) is 16.7. The zero-order chi connectivity index (χ0) is 14.6. The highest BCUT2D eigenvalue weighted by Crippen LogP contribution is 2.27. The molecule has 20 heavy (non-hydrogen) atoms. The van der Waals surface area contributed by atoms with Gasteiger partial charge < -0.3 is 16.4 Å². The van der Waals surface area contributed by atoms with Crippen LogP contribution in [0.3, 0.4) is 0 Å². The fourth-order valence-electron chi connectivity index (χ4n) is 2.31. The van der Waals surface area contributed by atoms with Crippen molar-refractivity contribution in [2.45, 2.75) is 31.2 Å². The van der Waals surface area contributed by atoms with Crippen molar-refractivity contribution in [1.82, 2.24) is 5.32 Å². The third kappa shape index (κ3) is 3.54. The highest BCUT2D eigenvalue weighted by molar-refractivity contribution is 5.96. The maximum absolute atomic E-state index is 12.7. The van der Waals surface area contributed by atoms with Crippen LogP contribution in [0, 0.1) is 5.82 Å². The van der Waals surface area contributed by atoms with Crippen LogP contribution in [0.25, 0.3) is 0 Å². The van der Waals surface area contributed by atoms with E-state index in [1.165, 1.54) is 24.3 Å². The van der Waals surface area contributed by atoms with Gasteiger partial charge in [-0.15, -0.1) is 0 Å². The fourth-order valence-corrected chi connectivity index (χ4v) is 2.31. The van der Waals surface area contributed by atoms with Gasteiger partial charge >= 0.3 is 0 Å². The number of hydrogen-bond acceptors (Lipinski definition) is 3. The summed E-state index contributed by atoms with van der Waals surface area (Å²) in [5.74, 6) is -1.03. The predicted molar refractivity (Wildman–Crippen MR) is 73.4 cm³/mol. The standard InChI is InChI=1S/C14H18FN3O2/c15-10-3-5-11(6-4-10)18-12(19)9-17-13(20)14(16)7-1-2-8-14/h3-6H,1-2,7-9,16H2,(H,17,20)(H,18,19). The maximum Gasteiger partial charge on any atom is 0.243 e. The molecule has 0 atom stereocenters. The molecule has 1 fully saturated rings. The van der Waals surface area contributed by atoms with Gasteiger partial charge in [0.05, 0.1) is 12.1 Å². The number of halogens is 1. The van der Waals surface area contributed by atoms with Crippen LogP contribution in [0.5, 0.6) is 0 Å². The molecule has 1 aromatic carbocycles. The quantitative estimate of drug-likeness (QED) is 0.773. The number of carbonyl (C=O) groups is 2. The topological polar surface area (TPSA) is 84.2 Å². The number of carbonyl (C=O) groups excluding carboxylic acids is 2.